The number of aromatic hydroxyl groups is 1. The van der Waals surface area contributed by atoms with E-state index in [1.165, 1.54) is 24.8 Å². The van der Waals surface area contributed by atoms with Crippen molar-refractivity contribution in [2.45, 2.75) is 58.3 Å². The number of carbonyl (C=O) groups is 1. The summed E-state index contributed by atoms with van der Waals surface area (Å²) in [7, 11) is 0. The first-order chi connectivity index (χ1) is 15.3. The maximum Gasteiger partial charge on any atom is 0.410 e. The molecular weight excluding hydrogens is 404 g/mol. The minimum atomic E-state index is -0.453. The van der Waals surface area contributed by atoms with Crippen molar-refractivity contribution in [3.8, 4) is 5.75 Å². The maximum absolute atomic E-state index is 12.0. The molecule has 1 heterocycles. The number of ether oxygens (including phenoxy) is 2. The Morgan fingerprint density at radius 1 is 0.969 bits per heavy atom. The summed E-state index contributed by atoms with van der Waals surface area (Å²) in [6, 6.07) is 17.5. The van der Waals surface area contributed by atoms with E-state index in [9.17, 15) is 9.90 Å². The fraction of sp³-hybridized carbons (Fsp3) is 0.500. The van der Waals surface area contributed by atoms with Gasteiger partial charge in [0.25, 0.3) is 0 Å². The zero-order valence-electron chi connectivity index (χ0n) is 19.5. The molecule has 1 aliphatic carbocycles. The Morgan fingerprint density at radius 2 is 1.59 bits per heavy atom. The molecule has 1 saturated heterocycles. The van der Waals surface area contributed by atoms with Gasteiger partial charge in [-0.15, -0.1) is 0 Å². The third-order valence-corrected chi connectivity index (χ3v) is 5.53. The molecule has 1 amide bonds. The van der Waals surface area contributed by atoms with Crippen LogP contribution >= 0.6 is 0 Å². The maximum atomic E-state index is 12.0. The van der Waals surface area contributed by atoms with Crippen LogP contribution in [0.5, 0.6) is 5.75 Å². The van der Waals surface area contributed by atoms with Crippen molar-refractivity contribution in [3.05, 3.63) is 60.2 Å². The number of phenolic OH excluding ortho intramolecular Hbond substituents is 1. The van der Waals surface area contributed by atoms with Crippen LogP contribution in [0.15, 0.2) is 54.6 Å². The molecule has 0 spiro atoms. The fourth-order valence-corrected chi connectivity index (χ4v) is 3.46. The van der Waals surface area contributed by atoms with E-state index >= 15 is 0 Å². The van der Waals surface area contributed by atoms with Crippen LogP contribution < -0.4 is 4.90 Å². The van der Waals surface area contributed by atoms with Crippen molar-refractivity contribution in [2.24, 2.45) is 0 Å². The van der Waals surface area contributed by atoms with E-state index in [1.807, 2.05) is 39.0 Å². The largest absolute Gasteiger partial charge is 0.508 e. The molecule has 0 aromatic heterocycles. The van der Waals surface area contributed by atoms with E-state index < -0.39 is 5.60 Å². The Labute approximate surface area is 191 Å². The van der Waals surface area contributed by atoms with E-state index in [1.54, 1.807) is 17.0 Å². The second-order valence-electron chi connectivity index (χ2n) is 9.32. The first kappa shape index (κ1) is 23.9. The number of nitrogens with zero attached hydrogens (tertiary/aromatic N) is 2. The number of rotatable bonds is 4. The van der Waals surface area contributed by atoms with E-state index in [0.29, 0.717) is 19.2 Å². The number of hydrogen-bond donors (Lipinski definition) is 1. The van der Waals surface area contributed by atoms with Crippen molar-refractivity contribution in [3.63, 3.8) is 0 Å². The van der Waals surface area contributed by atoms with Gasteiger partial charge in [0.2, 0.25) is 0 Å². The van der Waals surface area contributed by atoms with Crippen molar-refractivity contribution in [2.75, 3.05) is 31.1 Å². The predicted octanol–water partition coefficient (Wildman–Crippen LogP) is 5.21. The van der Waals surface area contributed by atoms with Gasteiger partial charge in [-0.3, -0.25) is 0 Å². The minimum absolute atomic E-state index is 0.247. The summed E-state index contributed by atoms with van der Waals surface area (Å²) in [6.45, 7) is 9.23. The van der Waals surface area contributed by atoms with Gasteiger partial charge in [0.1, 0.15) is 11.4 Å². The zero-order chi connectivity index (χ0) is 23.0. The molecule has 4 rings (SSSR count). The Bertz CT molecular complexity index is 821. The Kier molecular flexibility index (Phi) is 8.39. The Hall–Kier alpha value is -2.73. The van der Waals surface area contributed by atoms with Crippen molar-refractivity contribution in [1.29, 1.82) is 0 Å². The second kappa shape index (κ2) is 11.2. The molecule has 0 unspecified atom stereocenters. The van der Waals surface area contributed by atoms with Gasteiger partial charge in [-0.1, -0.05) is 30.3 Å². The standard InChI is InChI=1S/C15H22N2O3.C11H14O/c1-15(2,3)20-14(19)17-10-8-16(9-11-17)12-4-6-13(18)7-5-12;1-2-5-10(6-3-1)9-12-11-7-4-8-11/h4-7,18H,8-11H2,1-3H3;1-3,5-6,11H,4,7-9H2. The van der Waals surface area contributed by atoms with Crippen LogP contribution in [0.4, 0.5) is 10.5 Å². The molecular formula is C26H36N2O4. The van der Waals surface area contributed by atoms with Crippen LogP contribution in [-0.4, -0.2) is 54.0 Å². The molecule has 0 atom stereocenters. The number of amides is 1. The van der Waals surface area contributed by atoms with Gasteiger partial charge in [-0.25, -0.2) is 4.79 Å². The highest BCUT2D eigenvalue weighted by Crippen LogP contribution is 2.23. The zero-order valence-corrected chi connectivity index (χ0v) is 19.5. The number of piperazine rings is 1. The van der Waals surface area contributed by atoms with E-state index in [2.05, 4.69) is 29.2 Å². The summed E-state index contributed by atoms with van der Waals surface area (Å²) in [5.74, 6) is 0.265. The monoisotopic (exact) mass is 440 g/mol. The summed E-state index contributed by atoms with van der Waals surface area (Å²) in [5, 5.41) is 9.29. The van der Waals surface area contributed by atoms with Crippen molar-refractivity contribution in [1.82, 2.24) is 4.90 Å². The molecule has 6 nitrogen and oxygen atoms in total. The summed E-state index contributed by atoms with van der Waals surface area (Å²) >= 11 is 0. The van der Waals surface area contributed by atoms with Crippen LogP contribution in [0.1, 0.15) is 45.6 Å². The molecule has 174 valence electrons. The average molecular weight is 441 g/mol. The average Bonchev–Trinajstić information content (AvgIpc) is 2.73. The SMILES string of the molecule is CC(C)(C)OC(=O)N1CCN(c2ccc(O)cc2)CC1.c1ccc(COC2CCC2)cc1. The van der Waals surface area contributed by atoms with Crippen LogP contribution in [0.3, 0.4) is 0 Å². The smallest absolute Gasteiger partial charge is 0.410 e. The van der Waals surface area contributed by atoms with Crippen LogP contribution in [0.2, 0.25) is 0 Å². The molecule has 0 radical (unpaired) electrons. The number of carbonyl (C=O) groups excluding carboxylic acids is 1. The third-order valence-electron chi connectivity index (χ3n) is 5.53. The number of hydrogen-bond acceptors (Lipinski definition) is 5. The Morgan fingerprint density at radius 3 is 2.12 bits per heavy atom. The summed E-state index contributed by atoms with van der Waals surface area (Å²) in [6.07, 6.45) is 4.16. The first-order valence-electron chi connectivity index (χ1n) is 11.5. The lowest BCUT2D eigenvalue weighted by molar-refractivity contribution is -0.00866. The number of benzene rings is 2. The first-order valence-corrected chi connectivity index (χ1v) is 11.5. The predicted molar refractivity (Wildman–Crippen MR) is 127 cm³/mol. The van der Waals surface area contributed by atoms with Gasteiger partial charge in [0.05, 0.1) is 12.7 Å². The van der Waals surface area contributed by atoms with Crippen LogP contribution in [0, 0.1) is 0 Å². The highest BCUT2D eigenvalue weighted by atomic mass is 16.6. The van der Waals surface area contributed by atoms with Crippen LogP contribution in [-0.2, 0) is 16.1 Å². The molecule has 1 N–H and O–H groups in total. The highest BCUT2D eigenvalue weighted by molar-refractivity contribution is 5.68. The minimum Gasteiger partial charge on any atom is -0.508 e. The van der Waals surface area contributed by atoms with Gasteiger partial charge in [0, 0.05) is 31.9 Å². The van der Waals surface area contributed by atoms with Crippen LogP contribution in [0.25, 0.3) is 0 Å². The molecule has 2 aromatic rings. The fourth-order valence-electron chi connectivity index (χ4n) is 3.46. The normalized spacial score (nSPS) is 16.6. The van der Waals surface area contributed by atoms with Gasteiger partial charge < -0.3 is 24.4 Å². The number of anilines is 1. The molecule has 2 fully saturated rings. The molecule has 2 aromatic carbocycles. The Balaban J connectivity index is 0.000000204. The van der Waals surface area contributed by atoms with E-state index in [0.717, 1.165) is 25.4 Å². The van der Waals surface area contributed by atoms with Gasteiger partial charge in [-0.05, 0) is 69.9 Å². The lowest BCUT2D eigenvalue weighted by atomic mass is 9.96. The van der Waals surface area contributed by atoms with E-state index in [4.69, 9.17) is 9.47 Å². The summed E-state index contributed by atoms with van der Waals surface area (Å²) < 4.78 is 11.0. The lowest BCUT2D eigenvalue weighted by Gasteiger charge is -2.36. The molecule has 0 bridgehead atoms. The quantitative estimate of drug-likeness (QED) is 0.708. The highest BCUT2D eigenvalue weighted by Gasteiger charge is 2.25. The molecule has 1 saturated carbocycles. The molecule has 2 aliphatic rings. The topological polar surface area (TPSA) is 62.2 Å². The van der Waals surface area contributed by atoms with Crippen molar-refractivity contribution < 1.29 is 19.4 Å². The van der Waals surface area contributed by atoms with Gasteiger partial charge >= 0.3 is 6.09 Å². The lowest BCUT2D eigenvalue weighted by Crippen LogP contribution is -2.50. The van der Waals surface area contributed by atoms with Crippen molar-refractivity contribution >= 4 is 11.8 Å². The van der Waals surface area contributed by atoms with Gasteiger partial charge in [-0.2, -0.15) is 0 Å². The number of phenols is 1. The summed E-state index contributed by atoms with van der Waals surface area (Å²) in [5.41, 5.74) is 1.89. The third kappa shape index (κ3) is 7.75. The molecule has 32 heavy (non-hydrogen) atoms. The second-order valence-corrected chi connectivity index (χ2v) is 9.32. The molecule has 6 heteroatoms. The van der Waals surface area contributed by atoms with Gasteiger partial charge in [0.15, 0.2) is 0 Å². The van der Waals surface area contributed by atoms with E-state index in [-0.39, 0.29) is 11.8 Å². The molecule has 1 aliphatic heterocycles. The summed E-state index contributed by atoms with van der Waals surface area (Å²) in [4.78, 5) is 15.9.